The van der Waals surface area contributed by atoms with Gasteiger partial charge in [0, 0.05) is 13.1 Å². The van der Waals surface area contributed by atoms with E-state index in [9.17, 15) is 4.79 Å². The third-order valence-corrected chi connectivity index (χ3v) is 4.05. The molecule has 0 spiro atoms. The van der Waals surface area contributed by atoms with Gasteiger partial charge < -0.3 is 10.0 Å². The number of likely N-dealkylation sites (tertiary alicyclic amines) is 1. The highest BCUT2D eigenvalue weighted by molar-refractivity contribution is 8.23. The second kappa shape index (κ2) is 6.33. The van der Waals surface area contributed by atoms with Gasteiger partial charge in [-0.15, -0.1) is 0 Å². The molecular formula is C10H17NO2S2. The van der Waals surface area contributed by atoms with E-state index in [4.69, 9.17) is 17.3 Å². The molecule has 5 heteroatoms. The lowest BCUT2D eigenvalue weighted by Crippen LogP contribution is -2.30. The SMILES string of the molecule is CC(SC(=S)N1CCCCCC1)C(=O)O. The van der Waals surface area contributed by atoms with Gasteiger partial charge in [-0.2, -0.15) is 0 Å². The monoisotopic (exact) mass is 247 g/mol. The number of nitrogens with zero attached hydrogens (tertiary/aromatic N) is 1. The topological polar surface area (TPSA) is 40.5 Å². The van der Waals surface area contributed by atoms with Crippen molar-refractivity contribution >= 4 is 34.3 Å². The van der Waals surface area contributed by atoms with Gasteiger partial charge in [0.25, 0.3) is 0 Å². The number of carboxylic acid groups (broad SMARTS) is 1. The Morgan fingerprint density at radius 2 is 1.87 bits per heavy atom. The van der Waals surface area contributed by atoms with Crippen LogP contribution >= 0.6 is 24.0 Å². The molecule has 0 bridgehead atoms. The molecule has 1 rings (SSSR count). The number of hydrogen-bond donors (Lipinski definition) is 1. The summed E-state index contributed by atoms with van der Waals surface area (Å²) in [6.45, 7) is 3.65. The van der Waals surface area contributed by atoms with Crippen molar-refractivity contribution in [2.45, 2.75) is 37.9 Å². The molecule has 15 heavy (non-hydrogen) atoms. The molecule has 0 aromatic heterocycles. The van der Waals surface area contributed by atoms with Gasteiger partial charge in [-0.25, -0.2) is 0 Å². The van der Waals surface area contributed by atoms with Crippen molar-refractivity contribution in [1.29, 1.82) is 0 Å². The maximum Gasteiger partial charge on any atom is 0.316 e. The Hall–Kier alpha value is -0.290. The van der Waals surface area contributed by atoms with Crippen molar-refractivity contribution < 1.29 is 9.90 Å². The standard InChI is InChI=1S/C10H17NO2S2/c1-8(9(12)13)15-10(14)11-6-4-2-3-5-7-11/h8H,2-7H2,1H3,(H,12,13). The molecule has 1 aliphatic rings. The van der Waals surface area contributed by atoms with Gasteiger partial charge in [0.2, 0.25) is 0 Å². The molecule has 1 aliphatic heterocycles. The number of thiocarbonyl (C=S) groups is 1. The van der Waals surface area contributed by atoms with E-state index in [1.54, 1.807) is 6.92 Å². The molecule has 1 saturated heterocycles. The van der Waals surface area contributed by atoms with Crippen molar-refractivity contribution in [3.05, 3.63) is 0 Å². The van der Waals surface area contributed by atoms with Crippen molar-refractivity contribution in [3.63, 3.8) is 0 Å². The van der Waals surface area contributed by atoms with Gasteiger partial charge in [-0.3, -0.25) is 4.79 Å². The summed E-state index contributed by atoms with van der Waals surface area (Å²) in [5, 5.41) is 8.34. The fraction of sp³-hybridized carbons (Fsp3) is 0.800. The van der Waals surface area contributed by atoms with Gasteiger partial charge in [0.15, 0.2) is 0 Å². The first kappa shape index (κ1) is 12.8. The van der Waals surface area contributed by atoms with Crippen LogP contribution in [0.1, 0.15) is 32.6 Å². The Balaban J connectivity index is 2.41. The van der Waals surface area contributed by atoms with E-state index in [2.05, 4.69) is 4.90 Å². The zero-order valence-electron chi connectivity index (χ0n) is 8.94. The Bertz CT molecular complexity index is 238. The molecule has 0 aliphatic carbocycles. The van der Waals surface area contributed by atoms with Gasteiger partial charge >= 0.3 is 5.97 Å². The highest BCUT2D eigenvalue weighted by atomic mass is 32.2. The summed E-state index contributed by atoms with van der Waals surface area (Å²) in [5.74, 6) is -0.794. The Labute approximate surface area is 100 Å². The van der Waals surface area contributed by atoms with Gasteiger partial charge in [-0.05, 0) is 19.8 Å². The molecule has 1 heterocycles. The zero-order chi connectivity index (χ0) is 11.3. The third kappa shape index (κ3) is 4.38. The lowest BCUT2D eigenvalue weighted by atomic mass is 10.2. The molecule has 1 atom stereocenters. The van der Waals surface area contributed by atoms with Crippen LogP contribution in [-0.4, -0.2) is 38.6 Å². The minimum absolute atomic E-state index is 0.444. The van der Waals surface area contributed by atoms with Gasteiger partial charge in [-0.1, -0.05) is 36.8 Å². The molecule has 0 saturated carbocycles. The number of carbonyl (C=O) groups is 1. The maximum atomic E-state index is 10.7. The van der Waals surface area contributed by atoms with Crippen LogP contribution in [0.25, 0.3) is 0 Å². The average Bonchev–Trinajstić information content (AvgIpc) is 2.45. The molecule has 86 valence electrons. The Kier molecular flexibility index (Phi) is 5.39. The molecule has 3 nitrogen and oxygen atoms in total. The first-order chi connectivity index (χ1) is 7.11. The molecule has 1 N–H and O–H groups in total. The Morgan fingerprint density at radius 3 is 2.33 bits per heavy atom. The highest BCUT2D eigenvalue weighted by Crippen LogP contribution is 2.19. The summed E-state index contributed by atoms with van der Waals surface area (Å²) in [6, 6.07) is 0. The number of carboxylic acids is 1. The number of thioether (sulfide) groups is 1. The molecular weight excluding hydrogens is 230 g/mol. The van der Waals surface area contributed by atoms with Crippen molar-refractivity contribution in [2.24, 2.45) is 0 Å². The fourth-order valence-corrected chi connectivity index (χ4v) is 2.88. The molecule has 0 radical (unpaired) electrons. The van der Waals surface area contributed by atoms with E-state index >= 15 is 0 Å². The average molecular weight is 247 g/mol. The zero-order valence-corrected chi connectivity index (χ0v) is 10.6. The lowest BCUT2D eigenvalue weighted by Gasteiger charge is -2.23. The molecule has 0 amide bonds. The van der Waals surface area contributed by atoms with Crippen LogP contribution in [0.5, 0.6) is 0 Å². The normalized spacial score (nSPS) is 19.4. The van der Waals surface area contributed by atoms with Gasteiger partial charge in [0.05, 0.1) is 0 Å². The summed E-state index contributed by atoms with van der Waals surface area (Å²) in [4.78, 5) is 12.8. The van der Waals surface area contributed by atoms with E-state index < -0.39 is 11.2 Å². The predicted octanol–water partition coefficient (Wildman–Crippen LogP) is 2.35. The van der Waals surface area contributed by atoms with Crippen molar-refractivity contribution in [2.75, 3.05) is 13.1 Å². The van der Waals surface area contributed by atoms with E-state index in [0.717, 1.165) is 17.4 Å². The largest absolute Gasteiger partial charge is 0.480 e. The van der Waals surface area contributed by atoms with Crippen LogP contribution in [0, 0.1) is 0 Å². The lowest BCUT2D eigenvalue weighted by molar-refractivity contribution is -0.136. The van der Waals surface area contributed by atoms with Gasteiger partial charge in [0.1, 0.15) is 9.57 Å². The fourth-order valence-electron chi connectivity index (χ4n) is 1.53. The van der Waals surface area contributed by atoms with E-state index in [1.165, 1.54) is 37.4 Å². The molecule has 0 aromatic rings. The van der Waals surface area contributed by atoms with E-state index in [1.807, 2.05) is 0 Å². The van der Waals surface area contributed by atoms with Crippen LogP contribution in [0.3, 0.4) is 0 Å². The van der Waals surface area contributed by atoms with Crippen LogP contribution < -0.4 is 0 Å². The first-order valence-electron chi connectivity index (χ1n) is 5.29. The minimum atomic E-state index is -0.794. The smallest absolute Gasteiger partial charge is 0.316 e. The van der Waals surface area contributed by atoms with Crippen LogP contribution in [0.4, 0.5) is 0 Å². The van der Waals surface area contributed by atoms with Crippen molar-refractivity contribution in [3.8, 4) is 0 Å². The predicted molar refractivity (Wildman–Crippen MR) is 67.3 cm³/mol. The third-order valence-electron chi connectivity index (χ3n) is 2.49. The summed E-state index contributed by atoms with van der Waals surface area (Å²) in [7, 11) is 0. The summed E-state index contributed by atoms with van der Waals surface area (Å²) < 4.78 is 0.742. The summed E-state index contributed by atoms with van der Waals surface area (Å²) >= 11 is 6.54. The number of rotatable bonds is 2. The minimum Gasteiger partial charge on any atom is -0.480 e. The number of aliphatic carboxylic acids is 1. The van der Waals surface area contributed by atoms with Crippen molar-refractivity contribution in [1.82, 2.24) is 4.90 Å². The van der Waals surface area contributed by atoms with E-state index in [0.29, 0.717) is 0 Å². The molecule has 1 fully saturated rings. The quantitative estimate of drug-likeness (QED) is 0.759. The summed E-state index contributed by atoms with van der Waals surface area (Å²) in [5.41, 5.74) is 0. The Morgan fingerprint density at radius 1 is 1.33 bits per heavy atom. The number of hydrogen-bond acceptors (Lipinski definition) is 3. The maximum absolute atomic E-state index is 10.7. The summed E-state index contributed by atoms with van der Waals surface area (Å²) in [6.07, 6.45) is 4.86. The van der Waals surface area contributed by atoms with Crippen LogP contribution in [-0.2, 0) is 4.79 Å². The van der Waals surface area contributed by atoms with Crippen LogP contribution in [0.15, 0.2) is 0 Å². The van der Waals surface area contributed by atoms with E-state index in [-0.39, 0.29) is 0 Å². The first-order valence-corrected chi connectivity index (χ1v) is 6.58. The molecule has 1 unspecified atom stereocenters. The second-order valence-corrected chi connectivity index (χ2v) is 5.74. The van der Waals surface area contributed by atoms with Crippen LogP contribution in [0.2, 0.25) is 0 Å². The highest BCUT2D eigenvalue weighted by Gasteiger charge is 2.19. The molecule has 0 aromatic carbocycles. The second-order valence-electron chi connectivity index (χ2n) is 3.77.